The number of hydrogen-bond donors (Lipinski definition) is 2. The van der Waals surface area contributed by atoms with E-state index >= 15 is 0 Å². The average Bonchev–Trinajstić information content (AvgIpc) is 3.12. The van der Waals surface area contributed by atoms with E-state index in [9.17, 15) is 13.2 Å². The number of pyridine rings is 2. The van der Waals surface area contributed by atoms with E-state index in [0.29, 0.717) is 22.5 Å². The largest absolute Gasteiger partial charge is 0.490 e. The third kappa shape index (κ3) is 3.83. The first-order valence-electron chi connectivity index (χ1n) is 9.09. The molecule has 0 saturated carbocycles. The molecule has 0 spiro atoms. The van der Waals surface area contributed by atoms with Gasteiger partial charge in [0, 0.05) is 23.5 Å². The quantitative estimate of drug-likeness (QED) is 0.427. The molecule has 0 radical (unpaired) electrons. The Morgan fingerprint density at radius 1 is 1.12 bits per heavy atom. The van der Waals surface area contributed by atoms with Gasteiger partial charge < -0.3 is 15.2 Å². The summed E-state index contributed by atoms with van der Waals surface area (Å²) in [6.07, 6.45) is 4.43. The topological polar surface area (TPSA) is 151 Å². The van der Waals surface area contributed by atoms with E-state index < -0.39 is 10.0 Å². The van der Waals surface area contributed by atoms with E-state index in [0.717, 1.165) is 11.3 Å². The summed E-state index contributed by atoms with van der Waals surface area (Å²) in [7, 11) is -1.21. The van der Waals surface area contributed by atoms with Crippen LogP contribution in [0.3, 0.4) is 0 Å². The molecule has 4 aromatic rings. The number of anilines is 2. The molecule has 0 aliphatic heterocycles. The fraction of sp³-hybridized carbons (Fsp3) is 0.158. The second-order valence-electron chi connectivity index (χ2n) is 6.59. The first kappa shape index (κ1) is 21.5. The number of rotatable bonds is 6. The zero-order valence-electron chi connectivity index (χ0n) is 17.2. The van der Waals surface area contributed by atoms with Crippen molar-refractivity contribution in [2.45, 2.75) is 11.1 Å². The van der Waals surface area contributed by atoms with Crippen molar-refractivity contribution in [1.29, 1.82) is 0 Å². The van der Waals surface area contributed by atoms with Gasteiger partial charge in [-0.15, -0.1) is 0 Å². The van der Waals surface area contributed by atoms with Crippen LogP contribution in [-0.4, -0.2) is 42.0 Å². The van der Waals surface area contributed by atoms with E-state index in [4.69, 9.17) is 15.2 Å². The lowest BCUT2D eigenvalue weighted by Gasteiger charge is -2.12. The maximum Gasteiger partial charge on any atom is 0.300 e. The molecule has 4 rings (SSSR count). The zero-order valence-corrected chi connectivity index (χ0v) is 18.8. The maximum atomic E-state index is 12.9. The molecular weight excluding hydrogens is 456 g/mol. The first-order chi connectivity index (χ1) is 15.2. The Morgan fingerprint density at radius 3 is 2.56 bits per heavy atom. The summed E-state index contributed by atoms with van der Waals surface area (Å²) in [4.78, 5) is 24.9. The highest BCUT2D eigenvalue weighted by molar-refractivity contribution is 7.94. The summed E-state index contributed by atoms with van der Waals surface area (Å²) in [6.45, 7) is 1.56. The normalized spacial score (nSPS) is 11.5. The van der Waals surface area contributed by atoms with Crippen molar-refractivity contribution in [3.63, 3.8) is 0 Å². The highest BCUT2D eigenvalue weighted by Crippen LogP contribution is 2.32. The third-order valence-electron chi connectivity index (χ3n) is 4.53. The van der Waals surface area contributed by atoms with Gasteiger partial charge in [-0.2, -0.15) is 0 Å². The number of nitrogens with zero attached hydrogens (tertiary/aromatic N) is 4. The number of nitrogen functional groups attached to an aromatic ring is 1. The highest BCUT2D eigenvalue weighted by atomic mass is 32.2. The number of methoxy groups -OCH3 is 2. The zero-order chi connectivity index (χ0) is 23.0. The summed E-state index contributed by atoms with van der Waals surface area (Å²) in [5.41, 5.74) is 7.25. The van der Waals surface area contributed by atoms with Gasteiger partial charge in [0.05, 0.1) is 26.1 Å². The molecule has 4 aromatic heterocycles. The molecule has 0 bridgehead atoms. The molecule has 166 valence electrons. The molecule has 0 atom stereocenters. The van der Waals surface area contributed by atoms with Crippen LogP contribution in [0, 0.1) is 6.92 Å². The van der Waals surface area contributed by atoms with Gasteiger partial charge in [0.2, 0.25) is 11.6 Å². The smallest absolute Gasteiger partial charge is 0.300 e. The molecule has 0 aliphatic carbocycles. The fourth-order valence-electron chi connectivity index (χ4n) is 3.06. The van der Waals surface area contributed by atoms with Gasteiger partial charge in [-0.25, -0.2) is 23.4 Å². The first-order valence-corrected chi connectivity index (χ1v) is 11.4. The Balaban J connectivity index is 1.79. The molecule has 3 N–H and O–H groups in total. The van der Waals surface area contributed by atoms with Gasteiger partial charge in [0.15, 0.2) is 9.34 Å². The molecule has 0 unspecified atom stereocenters. The Hall–Kier alpha value is -3.71. The molecule has 0 aromatic carbocycles. The van der Waals surface area contributed by atoms with Crippen LogP contribution in [0.1, 0.15) is 5.69 Å². The summed E-state index contributed by atoms with van der Waals surface area (Å²) in [5.74, 6) is 0.175. The number of nitrogens with one attached hydrogen (secondary N) is 1. The Labute approximate surface area is 186 Å². The molecule has 0 saturated heterocycles. The summed E-state index contributed by atoms with van der Waals surface area (Å²) >= 11 is 0.859. The summed E-state index contributed by atoms with van der Waals surface area (Å²) in [6, 6.07) is 4.96. The highest BCUT2D eigenvalue weighted by Gasteiger charge is 2.23. The van der Waals surface area contributed by atoms with E-state index in [1.165, 1.54) is 31.0 Å². The number of thiazole rings is 1. The number of hydrogen-bond acceptors (Lipinski definition) is 10. The lowest BCUT2D eigenvalue weighted by atomic mass is 10.1. The number of ether oxygens (including phenoxy) is 2. The van der Waals surface area contributed by atoms with Crippen LogP contribution in [0.25, 0.3) is 16.8 Å². The van der Waals surface area contributed by atoms with Crippen molar-refractivity contribution in [1.82, 2.24) is 19.4 Å². The lowest BCUT2D eigenvalue weighted by Crippen LogP contribution is -2.16. The van der Waals surface area contributed by atoms with Crippen molar-refractivity contribution in [3.05, 3.63) is 52.8 Å². The van der Waals surface area contributed by atoms with Crippen molar-refractivity contribution >= 4 is 37.8 Å². The van der Waals surface area contributed by atoms with Crippen LogP contribution >= 0.6 is 11.3 Å². The monoisotopic (exact) mass is 474 g/mol. The minimum Gasteiger partial charge on any atom is -0.490 e. The Morgan fingerprint density at radius 2 is 1.91 bits per heavy atom. The SMILES string of the molecule is COc1ncc(-c2ccc3ncc(OC)c(=O)n3c2)cc1NS(=O)(=O)c1sc(N)nc1C. The minimum absolute atomic E-state index is 0.00196. The molecule has 4 heterocycles. The predicted octanol–water partition coefficient (Wildman–Crippen LogP) is 1.92. The number of aryl methyl sites for hydroxylation is 1. The van der Waals surface area contributed by atoms with Crippen LogP contribution in [0.15, 0.2) is 45.8 Å². The van der Waals surface area contributed by atoms with Gasteiger partial charge in [-0.3, -0.25) is 13.9 Å². The second-order valence-corrected chi connectivity index (χ2v) is 9.50. The van der Waals surface area contributed by atoms with E-state index in [2.05, 4.69) is 19.7 Å². The number of aromatic nitrogens is 4. The van der Waals surface area contributed by atoms with Gasteiger partial charge in [-0.1, -0.05) is 11.3 Å². The van der Waals surface area contributed by atoms with Crippen LogP contribution < -0.4 is 25.5 Å². The molecular formula is C19H18N6O5S2. The second kappa shape index (κ2) is 8.09. The van der Waals surface area contributed by atoms with Gasteiger partial charge in [0.1, 0.15) is 11.3 Å². The van der Waals surface area contributed by atoms with Crippen LogP contribution in [-0.2, 0) is 10.0 Å². The van der Waals surface area contributed by atoms with E-state index in [1.54, 1.807) is 31.3 Å². The van der Waals surface area contributed by atoms with Crippen LogP contribution in [0.2, 0.25) is 0 Å². The summed E-state index contributed by atoms with van der Waals surface area (Å²) in [5, 5.41) is 0.146. The Bertz CT molecular complexity index is 1500. The van der Waals surface area contributed by atoms with Gasteiger partial charge in [-0.05, 0) is 25.1 Å². The lowest BCUT2D eigenvalue weighted by molar-refractivity contribution is 0.400. The number of fused-ring (bicyclic) bond motifs is 1. The molecule has 0 fully saturated rings. The minimum atomic E-state index is -3.98. The maximum absolute atomic E-state index is 12.9. The molecule has 11 nitrogen and oxygen atoms in total. The van der Waals surface area contributed by atoms with Gasteiger partial charge in [0.25, 0.3) is 15.6 Å². The molecule has 13 heteroatoms. The molecule has 0 aliphatic rings. The third-order valence-corrected chi connectivity index (χ3v) is 7.49. The van der Waals surface area contributed by atoms with E-state index in [-0.39, 0.29) is 32.2 Å². The standard InChI is InChI=1S/C19H18N6O5S2/c1-10-18(31-19(20)23-10)32(27,28)24-13-6-12(7-22-16(13)30-3)11-4-5-15-21-8-14(29-2)17(26)25(15)9-11/h4-9,24H,1-3H3,(H2,20,23). The molecule has 0 amide bonds. The van der Waals surface area contributed by atoms with Crippen LogP contribution in [0.4, 0.5) is 10.8 Å². The average molecular weight is 475 g/mol. The predicted molar refractivity (Wildman–Crippen MR) is 120 cm³/mol. The number of sulfonamides is 1. The van der Waals surface area contributed by atoms with Crippen molar-refractivity contribution < 1.29 is 17.9 Å². The molecule has 32 heavy (non-hydrogen) atoms. The number of nitrogens with two attached hydrogens (primary N) is 1. The van der Waals surface area contributed by atoms with Crippen molar-refractivity contribution in [2.24, 2.45) is 0 Å². The summed E-state index contributed by atoms with van der Waals surface area (Å²) < 4.78 is 39.9. The van der Waals surface area contributed by atoms with Crippen molar-refractivity contribution in [3.8, 4) is 22.8 Å². The van der Waals surface area contributed by atoms with Crippen LogP contribution in [0.5, 0.6) is 11.6 Å². The van der Waals surface area contributed by atoms with Crippen molar-refractivity contribution in [2.75, 3.05) is 24.7 Å². The van der Waals surface area contributed by atoms with Gasteiger partial charge >= 0.3 is 0 Å². The Kier molecular flexibility index (Phi) is 5.44. The van der Waals surface area contributed by atoms with E-state index in [1.807, 2.05) is 0 Å². The fourth-order valence-corrected chi connectivity index (χ4v) is 5.41.